The Morgan fingerprint density at radius 3 is 2.19 bits per heavy atom. The van der Waals surface area contributed by atoms with Crippen LogP contribution in [0.4, 0.5) is 0 Å². The topological polar surface area (TPSA) is 57.7 Å². The van der Waals surface area contributed by atoms with Crippen LogP contribution in [0.2, 0.25) is 0 Å². The fraction of sp³-hybridized carbons (Fsp3) is 0.261. The van der Waals surface area contributed by atoms with Crippen molar-refractivity contribution >= 4 is 54.9 Å². The Bertz CT molecular complexity index is 1160. The van der Waals surface area contributed by atoms with Gasteiger partial charge < -0.3 is 4.90 Å². The predicted octanol–water partition coefficient (Wildman–Crippen LogP) is 4.60. The highest BCUT2D eigenvalue weighted by atomic mass is 79.9. The van der Waals surface area contributed by atoms with Gasteiger partial charge in [-0.2, -0.15) is 4.31 Å². The second-order valence-electron chi connectivity index (χ2n) is 7.43. The Kier molecular flexibility index (Phi) is 7.88. The van der Waals surface area contributed by atoms with Crippen molar-refractivity contribution in [3.05, 3.63) is 76.8 Å². The van der Waals surface area contributed by atoms with Gasteiger partial charge in [-0.05, 0) is 35.0 Å². The molecule has 3 aromatic rings. The molecule has 0 aliphatic carbocycles. The number of fused-ring (bicyclic) bond motifs is 1. The second kappa shape index (κ2) is 10.2. The highest BCUT2D eigenvalue weighted by Crippen LogP contribution is 2.23. The monoisotopic (exact) mass is 522 g/mol. The first kappa shape index (κ1) is 23.9. The molecule has 1 saturated heterocycles. The van der Waals surface area contributed by atoms with Gasteiger partial charge in [-0.1, -0.05) is 58.4 Å². The van der Waals surface area contributed by atoms with E-state index in [-0.39, 0.29) is 18.2 Å². The first-order valence-corrected chi connectivity index (χ1v) is 12.2. The molecule has 8 heteroatoms. The molecular weight excluding hydrogens is 500 g/mol. The maximum atomic E-state index is 13.1. The lowest BCUT2D eigenvalue weighted by Crippen LogP contribution is -2.48. The molecule has 1 fully saturated rings. The highest BCUT2D eigenvalue weighted by molar-refractivity contribution is 9.10. The molecule has 0 bridgehead atoms. The van der Waals surface area contributed by atoms with E-state index in [2.05, 4.69) is 20.8 Å². The third kappa shape index (κ3) is 5.54. The summed E-state index contributed by atoms with van der Waals surface area (Å²) in [6.07, 6.45) is 0.430. The van der Waals surface area contributed by atoms with Gasteiger partial charge in [0.05, 0.1) is 4.90 Å². The average molecular weight is 524 g/mol. The molecule has 0 aromatic heterocycles. The molecule has 0 N–H and O–H groups in total. The Balaban J connectivity index is 0.00000272. The molecule has 0 spiro atoms. The summed E-state index contributed by atoms with van der Waals surface area (Å²) in [6, 6.07) is 20.4. The summed E-state index contributed by atoms with van der Waals surface area (Å²) in [4.78, 5) is 14.9. The lowest BCUT2D eigenvalue weighted by Gasteiger charge is -2.33. The lowest BCUT2D eigenvalue weighted by molar-refractivity contribution is 0.0952. The molecule has 0 atom stereocenters. The van der Waals surface area contributed by atoms with Crippen LogP contribution in [-0.4, -0.2) is 56.1 Å². The highest BCUT2D eigenvalue weighted by Gasteiger charge is 2.28. The fourth-order valence-electron chi connectivity index (χ4n) is 3.71. The summed E-state index contributed by atoms with van der Waals surface area (Å²) in [7, 11) is -3.52. The SMILES string of the molecule is Cl.O=C(CCN1CCN(S(=O)(=O)c2ccc3ccccc3c2)CC1)c1ccc(Br)cc1. The summed E-state index contributed by atoms with van der Waals surface area (Å²) in [6.45, 7) is 2.75. The lowest BCUT2D eigenvalue weighted by atomic mass is 10.1. The van der Waals surface area contributed by atoms with Crippen molar-refractivity contribution in [3.63, 3.8) is 0 Å². The van der Waals surface area contributed by atoms with Gasteiger partial charge in [0.25, 0.3) is 0 Å². The van der Waals surface area contributed by atoms with Crippen molar-refractivity contribution in [2.24, 2.45) is 0 Å². The van der Waals surface area contributed by atoms with E-state index in [4.69, 9.17) is 0 Å². The van der Waals surface area contributed by atoms with Crippen LogP contribution < -0.4 is 0 Å². The average Bonchev–Trinajstić information content (AvgIpc) is 2.78. The third-order valence-electron chi connectivity index (χ3n) is 5.51. The van der Waals surface area contributed by atoms with E-state index in [1.54, 1.807) is 16.4 Å². The normalized spacial score (nSPS) is 15.5. The van der Waals surface area contributed by atoms with Crippen LogP contribution in [0, 0.1) is 0 Å². The molecule has 1 heterocycles. The van der Waals surface area contributed by atoms with Crippen molar-refractivity contribution in [3.8, 4) is 0 Å². The number of hydrogen-bond acceptors (Lipinski definition) is 4. The van der Waals surface area contributed by atoms with E-state index in [1.165, 1.54) is 0 Å². The van der Waals surface area contributed by atoms with Crippen molar-refractivity contribution in [1.82, 2.24) is 9.21 Å². The molecular formula is C23H24BrClN2O3S. The largest absolute Gasteiger partial charge is 0.300 e. The van der Waals surface area contributed by atoms with Gasteiger partial charge in [0, 0.05) is 49.2 Å². The third-order valence-corrected chi connectivity index (χ3v) is 7.93. The minimum absolute atomic E-state index is 0. The minimum atomic E-state index is -3.52. The van der Waals surface area contributed by atoms with E-state index in [9.17, 15) is 13.2 Å². The van der Waals surface area contributed by atoms with Crippen LogP contribution in [0.3, 0.4) is 0 Å². The summed E-state index contributed by atoms with van der Waals surface area (Å²) in [5, 5.41) is 1.94. The van der Waals surface area contributed by atoms with Crippen molar-refractivity contribution in [2.45, 2.75) is 11.3 Å². The zero-order chi connectivity index (χ0) is 21.1. The van der Waals surface area contributed by atoms with Gasteiger partial charge in [0.2, 0.25) is 10.0 Å². The first-order valence-electron chi connectivity index (χ1n) is 9.93. The van der Waals surface area contributed by atoms with Gasteiger partial charge in [0.1, 0.15) is 0 Å². The summed E-state index contributed by atoms with van der Waals surface area (Å²) >= 11 is 3.37. The predicted molar refractivity (Wildman–Crippen MR) is 129 cm³/mol. The second-order valence-corrected chi connectivity index (χ2v) is 10.3. The molecule has 31 heavy (non-hydrogen) atoms. The number of ketones is 1. The van der Waals surface area contributed by atoms with Gasteiger partial charge >= 0.3 is 0 Å². The van der Waals surface area contributed by atoms with Crippen molar-refractivity contribution in [1.29, 1.82) is 0 Å². The standard InChI is InChI=1S/C23H23BrN2O3S.ClH/c24-21-8-5-19(6-9-21)23(27)11-12-25-13-15-26(16-14-25)30(28,29)22-10-7-18-3-1-2-4-20(18)17-22;/h1-10,17H,11-16H2;1H. The molecule has 5 nitrogen and oxygen atoms in total. The van der Waals surface area contributed by atoms with Crippen LogP contribution in [-0.2, 0) is 10.0 Å². The number of piperazine rings is 1. The minimum Gasteiger partial charge on any atom is -0.300 e. The number of halogens is 2. The molecule has 0 unspecified atom stereocenters. The zero-order valence-corrected chi connectivity index (χ0v) is 20.1. The number of rotatable bonds is 6. The number of hydrogen-bond donors (Lipinski definition) is 0. The summed E-state index contributed by atoms with van der Waals surface area (Å²) in [5.41, 5.74) is 0.704. The number of benzene rings is 3. The Morgan fingerprint density at radius 2 is 1.52 bits per heavy atom. The number of sulfonamides is 1. The quantitative estimate of drug-likeness (QED) is 0.443. The van der Waals surface area contributed by atoms with E-state index < -0.39 is 10.0 Å². The summed E-state index contributed by atoms with van der Waals surface area (Å²) < 4.78 is 28.6. The van der Waals surface area contributed by atoms with Gasteiger partial charge in [-0.3, -0.25) is 4.79 Å². The summed E-state index contributed by atoms with van der Waals surface area (Å²) in [5.74, 6) is 0.105. The smallest absolute Gasteiger partial charge is 0.243 e. The van der Waals surface area contributed by atoms with E-state index in [1.807, 2.05) is 54.6 Å². The van der Waals surface area contributed by atoms with Crippen LogP contribution in [0.15, 0.2) is 76.1 Å². The molecule has 1 aliphatic rings. The first-order chi connectivity index (χ1) is 14.4. The van der Waals surface area contributed by atoms with Gasteiger partial charge in [-0.25, -0.2) is 8.42 Å². The number of carbonyl (C=O) groups is 1. The molecule has 0 amide bonds. The zero-order valence-electron chi connectivity index (χ0n) is 16.9. The molecule has 1 aliphatic heterocycles. The Labute approximate surface area is 197 Å². The van der Waals surface area contributed by atoms with Crippen LogP contribution in [0.1, 0.15) is 16.8 Å². The number of Topliss-reactive ketones (excluding diaryl/α,β-unsaturated/α-hetero) is 1. The molecule has 0 saturated carbocycles. The van der Waals surface area contributed by atoms with E-state index in [0.29, 0.717) is 49.6 Å². The van der Waals surface area contributed by atoms with Gasteiger partial charge in [-0.15, -0.1) is 12.4 Å². The van der Waals surface area contributed by atoms with Gasteiger partial charge in [0.15, 0.2) is 5.78 Å². The van der Waals surface area contributed by atoms with E-state index in [0.717, 1.165) is 15.2 Å². The molecule has 3 aromatic carbocycles. The Hall–Kier alpha value is -1.77. The van der Waals surface area contributed by atoms with Crippen LogP contribution in [0.5, 0.6) is 0 Å². The fourth-order valence-corrected chi connectivity index (χ4v) is 5.43. The van der Waals surface area contributed by atoms with Crippen LogP contribution in [0.25, 0.3) is 10.8 Å². The van der Waals surface area contributed by atoms with Crippen molar-refractivity contribution in [2.75, 3.05) is 32.7 Å². The van der Waals surface area contributed by atoms with E-state index >= 15 is 0 Å². The molecule has 164 valence electrons. The maximum absolute atomic E-state index is 13.1. The van der Waals surface area contributed by atoms with Crippen molar-refractivity contribution < 1.29 is 13.2 Å². The Morgan fingerprint density at radius 1 is 0.871 bits per heavy atom. The number of carbonyl (C=O) groups excluding carboxylic acids is 1. The molecule has 0 radical (unpaired) electrons. The van der Waals surface area contributed by atoms with Crippen LogP contribution >= 0.6 is 28.3 Å². The number of nitrogens with zero attached hydrogens (tertiary/aromatic N) is 2. The molecule has 4 rings (SSSR count). The maximum Gasteiger partial charge on any atom is 0.243 e.